The van der Waals surface area contributed by atoms with Crippen LogP contribution in [-0.4, -0.2) is 50.8 Å². The summed E-state index contributed by atoms with van der Waals surface area (Å²) in [5, 5.41) is 13.4. The van der Waals surface area contributed by atoms with Gasteiger partial charge in [0.05, 0.1) is 0 Å². The lowest BCUT2D eigenvalue weighted by Crippen LogP contribution is -2.35. The summed E-state index contributed by atoms with van der Waals surface area (Å²) in [6.45, 7) is 5.51. The van der Waals surface area contributed by atoms with Crippen LogP contribution in [-0.2, 0) is 0 Å². The number of hydrogen-bond acceptors (Lipinski definition) is 4. The predicted molar refractivity (Wildman–Crippen MR) is 89.1 cm³/mol. The normalized spacial score (nSPS) is 18.7. The lowest BCUT2D eigenvalue weighted by atomic mass is 9.96. The molecule has 1 aromatic carbocycles. The molecule has 1 aromatic rings. The standard InChI is InChI=1S/C17H29N3O/c1-13(18-2)16-6-5-15(11-17(16)21)20(4)12-14-7-9-19(3)10-8-14/h5-6,11,13-14,18,21H,7-10,12H2,1-4H3. The highest BCUT2D eigenvalue weighted by molar-refractivity contribution is 5.53. The summed E-state index contributed by atoms with van der Waals surface area (Å²) < 4.78 is 0. The summed E-state index contributed by atoms with van der Waals surface area (Å²) in [5.74, 6) is 1.13. The summed E-state index contributed by atoms with van der Waals surface area (Å²) in [7, 11) is 6.22. The molecule has 2 rings (SSSR count). The molecule has 4 heteroatoms. The van der Waals surface area contributed by atoms with E-state index >= 15 is 0 Å². The third kappa shape index (κ3) is 4.11. The minimum Gasteiger partial charge on any atom is -0.508 e. The number of likely N-dealkylation sites (tertiary alicyclic amines) is 1. The molecule has 1 atom stereocenters. The van der Waals surface area contributed by atoms with Crippen molar-refractivity contribution in [1.82, 2.24) is 10.2 Å². The van der Waals surface area contributed by atoms with E-state index in [0.29, 0.717) is 5.75 Å². The van der Waals surface area contributed by atoms with Crippen molar-refractivity contribution in [2.45, 2.75) is 25.8 Å². The first kappa shape index (κ1) is 16.1. The topological polar surface area (TPSA) is 38.7 Å². The fourth-order valence-electron chi connectivity index (χ4n) is 3.03. The van der Waals surface area contributed by atoms with Crippen molar-refractivity contribution in [3.8, 4) is 5.75 Å². The Balaban J connectivity index is 1.99. The maximum Gasteiger partial charge on any atom is 0.122 e. The van der Waals surface area contributed by atoms with Crippen molar-refractivity contribution in [3.63, 3.8) is 0 Å². The molecule has 1 heterocycles. The molecular formula is C17H29N3O. The average Bonchev–Trinajstić information content (AvgIpc) is 2.48. The van der Waals surface area contributed by atoms with Crippen LogP contribution in [0.3, 0.4) is 0 Å². The molecule has 1 aliphatic rings. The number of phenols is 1. The van der Waals surface area contributed by atoms with Gasteiger partial charge in [0.15, 0.2) is 0 Å². The van der Waals surface area contributed by atoms with Crippen molar-refractivity contribution in [3.05, 3.63) is 23.8 Å². The Labute approximate surface area is 128 Å². The zero-order chi connectivity index (χ0) is 15.4. The van der Waals surface area contributed by atoms with Gasteiger partial charge in [-0.25, -0.2) is 0 Å². The second kappa shape index (κ2) is 7.14. The summed E-state index contributed by atoms with van der Waals surface area (Å²) in [6.07, 6.45) is 2.53. The Morgan fingerprint density at radius 1 is 1.38 bits per heavy atom. The third-order valence-electron chi connectivity index (χ3n) is 4.72. The van der Waals surface area contributed by atoms with Crippen LogP contribution in [0.4, 0.5) is 5.69 Å². The molecule has 0 bridgehead atoms. The van der Waals surface area contributed by atoms with Gasteiger partial charge in [0.2, 0.25) is 0 Å². The molecule has 2 N–H and O–H groups in total. The fraction of sp³-hybridized carbons (Fsp3) is 0.647. The Hall–Kier alpha value is -1.26. The van der Waals surface area contributed by atoms with E-state index in [4.69, 9.17) is 0 Å². The molecule has 0 spiro atoms. The number of aromatic hydroxyl groups is 1. The maximum atomic E-state index is 10.2. The molecule has 1 saturated heterocycles. The van der Waals surface area contributed by atoms with E-state index in [2.05, 4.69) is 42.2 Å². The molecule has 0 aromatic heterocycles. The first-order valence-electron chi connectivity index (χ1n) is 7.91. The number of benzene rings is 1. The summed E-state index contributed by atoms with van der Waals surface area (Å²) >= 11 is 0. The van der Waals surface area contributed by atoms with E-state index in [1.54, 1.807) is 0 Å². The smallest absolute Gasteiger partial charge is 0.122 e. The minimum absolute atomic E-state index is 0.165. The van der Waals surface area contributed by atoms with Crippen molar-refractivity contribution < 1.29 is 5.11 Å². The predicted octanol–water partition coefficient (Wildman–Crippen LogP) is 2.45. The molecule has 0 amide bonds. The lowest BCUT2D eigenvalue weighted by Gasteiger charge is -2.32. The summed E-state index contributed by atoms with van der Waals surface area (Å²) in [6, 6.07) is 6.19. The Morgan fingerprint density at radius 2 is 2.05 bits per heavy atom. The van der Waals surface area contributed by atoms with Crippen LogP contribution in [0.5, 0.6) is 5.75 Å². The number of piperidine rings is 1. The molecule has 21 heavy (non-hydrogen) atoms. The number of rotatable bonds is 5. The van der Waals surface area contributed by atoms with Crippen LogP contribution >= 0.6 is 0 Å². The van der Waals surface area contributed by atoms with Gasteiger partial charge in [0.25, 0.3) is 0 Å². The van der Waals surface area contributed by atoms with Gasteiger partial charge in [-0.2, -0.15) is 0 Å². The monoisotopic (exact) mass is 291 g/mol. The zero-order valence-corrected chi connectivity index (χ0v) is 13.8. The maximum absolute atomic E-state index is 10.2. The molecule has 0 saturated carbocycles. The number of anilines is 1. The van der Waals surface area contributed by atoms with Crippen LogP contribution in [0.15, 0.2) is 18.2 Å². The quantitative estimate of drug-likeness (QED) is 0.874. The highest BCUT2D eigenvalue weighted by Crippen LogP contribution is 2.29. The van der Waals surface area contributed by atoms with Crippen molar-refractivity contribution in [2.75, 3.05) is 45.7 Å². The molecule has 0 aliphatic carbocycles. The minimum atomic E-state index is 0.165. The largest absolute Gasteiger partial charge is 0.508 e. The van der Waals surface area contributed by atoms with Gasteiger partial charge in [0, 0.05) is 37.0 Å². The van der Waals surface area contributed by atoms with E-state index in [1.807, 2.05) is 19.2 Å². The first-order chi connectivity index (χ1) is 10.0. The number of nitrogens with one attached hydrogen (secondary N) is 1. The second-order valence-electron chi connectivity index (χ2n) is 6.38. The molecule has 4 nitrogen and oxygen atoms in total. The van der Waals surface area contributed by atoms with Gasteiger partial charge in [-0.15, -0.1) is 0 Å². The Bertz CT molecular complexity index is 455. The SMILES string of the molecule is CNC(C)c1ccc(N(C)CC2CCN(C)CC2)cc1O. The lowest BCUT2D eigenvalue weighted by molar-refractivity contribution is 0.222. The van der Waals surface area contributed by atoms with E-state index in [1.165, 1.54) is 25.9 Å². The zero-order valence-electron chi connectivity index (χ0n) is 13.8. The van der Waals surface area contributed by atoms with Crippen molar-refractivity contribution >= 4 is 5.69 Å². The Kier molecular flexibility index (Phi) is 5.48. The molecule has 1 unspecified atom stereocenters. The number of hydrogen-bond donors (Lipinski definition) is 2. The van der Waals surface area contributed by atoms with Crippen LogP contribution < -0.4 is 10.2 Å². The number of nitrogens with zero attached hydrogens (tertiary/aromatic N) is 2. The van der Waals surface area contributed by atoms with Gasteiger partial charge in [-0.1, -0.05) is 6.07 Å². The van der Waals surface area contributed by atoms with Gasteiger partial charge < -0.3 is 20.2 Å². The van der Waals surface area contributed by atoms with Gasteiger partial charge in [0.1, 0.15) is 5.75 Å². The molecular weight excluding hydrogens is 262 g/mol. The Morgan fingerprint density at radius 3 is 2.62 bits per heavy atom. The van der Waals surface area contributed by atoms with Crippen molar-refractivity contribution in [1.29, 1.82) is 0 Å². The van der Waals surface area contributed by atoms with Gasteiger partial charge in [-0.3, -0.25) is 0 Å². The fourth-order valence-corrected chi connectivity index (χ4v) is 3.03. The molecule has 1 aliphatic heterocycles. The van der Waals surface area contributed by atoms with Crippen LogP contribution in [0.1, 0.15) is 31.4 Å². The van der Waals surface area contributed by atoms with E-state index in [9.17, 15) is 5.11 Å². The molecule has 1 fully saturated rings. The van der Waals surface area contributed by atoms with E-state index < -0.39 is 0 Å². The van der Waals surface area contributed by atoms with Gasteiger partial charge >= 0.3 is 0 Å². The van der Waals surface area contributed by atoms with Crippen LogP contribution in [0, 0.1) is 5.92 Å². The molecule has 118 valence electrons. The van der Waals surface area contributed by atoms with Gasteiger partial charge in [-0.05, 0) is 58.9 Å². The highest BCUT2D eigenvalue weighted by atomic mass is 16.3. The molecule has 0 radical (unpaired) electrons. The summed E-state index contributed by atoms with van der Waals surface area (Å²) in [5.41, 5.74) is 2.05. The third-order valence-corrected chi connectivity index (χ3v) is 4.72. The van der Waals surface area contributed by atoms with E-state index in [-0.39, 0.29) is 6.04 Å². The number of phenolic OH excluding ortho intramolecular Hbond substituents is 1. The van der Waals surface area contributed by atoms with Crippen molar-refractivity contribution in [2.24, 2.45) is 5.92 Å². The van der Waals surface area contributed by atoms with E-state index in [0.717, 1.165) is 23.7 Å². The average molecular weight is 291 g/mol. The van der Waals surface area contributed by atoms with Crippen LogP contribution in [0.25, 0.3) is 0 Å². The second-order valence-corrected chi connectivity index (χ2v) is 6.38. The van der Waals surface area contributed by atoms with Crippen LogP contribution in [0.2, 0.25) is 0 Å². The highest BCUT2D eigenvalue weighted by Gasteiger charge is 2.19. The summed E-state index contributed by atoms with van der Waals surface area (Å²) in [4.78, 5) is 4.67. The first-order valence-corrected chi connectivity index (χ1v) is 7.91.